The third kappa shape index (κ3) is 4.46. The first kappa shape index (κ1) is 19.3. The van der Waals surface area contributed by atoms with Gasteiger partial charge in [0, 0.05) is 24.6 Å². The summed E-state index contributed by atoms with van der Waals surface area (Å²) in [6.07, 6.45) is 0.899. The van der Waals surface area contributed by atoms with Gasteiger partial charge in [0.15, 0.2) is 0 Å². The van der Waals surface area contributed by atoms with E-state index >= 15 is 0 Å². The van der Waals surface area contributed by atoms with Crippen molar-refractivity contribution < 1.29 is 23.9 Å². The van der Waals surface area contributed by atoms with Crippen molar-refractivity contribution in [2.45, 2.75) is 12.8 Å². The molecule has 0 atom stereocenters. The van der Waals surface area contributed by atoms with Crippen LogP contribution in [0.1, 0.15) is 33.6 Å². The first-order chi connectivity index (χ1) is 13.5. The highest BCUT2D eigenvalue weighted by Crippen LogP contribution is 2.20. The van der Waals surface area contributed by atoms with Crippen molar-refractivity contribution >= 4 is 17.7 Å². The number of likely N-dealkylation sites (tertiary alicyclic amines) is 1. The molecule has 0 radical (unpaired) electrons. The van der Waals surface area contributed by atoms with Gasteiger partial charge in [0.05, 0.1) is 5.56 Å². The molecular weight excluding hydrogens is 365 g/mol. The fourth-order valence-corrected chi connectivity index (χ4v) is 3.07. The zero-order valence-electron chi connectivity index (χ0n) is 15.0. The number of rotatable bonds is 3. The van der Waals surface area contributed by atoms with E-state index in [0.29, 0.717) is 31.5 Å². The number of hydrogen-bond donors (Lipinski definition) is 3. The average molecular weight is 385 g/mol. The zero-order chi connectivity index (χ0) is 20.1. The highest BCUT2D eigenvalue weighted by Gasteiger charge is 2.28. The molecule has 0 aliphatic carbocycles. The van der Waals surface area contributed by atoms with E-state index in [0.717, 1.165) is 0 Å². The molecule has 7 nitrogen and oxygen atoms in total. The van der Waals surface area contributed by atoms with E-state index in [1.807, 2.05) is 0 Å². The summed E-state index contributed by atoms with van der Waals surface area (Å²) in [6.45, 7) is 0.781. The van der Waals surface area contributed by atoms with Gasteiger partial charge in [-0.25, -0.2) is 4.39 Å². The second kappa shape index (κ2) is 8.51. The number of para-hydroxylation sites is 1. The van der Waals surface area contributed by atoms with Gasteiger partial charge in [-0.15, -0.1) is 0 Å². The highest BCUT2D eigenvalue weighted by atomic mass is 19.1. The standard InChI is InChI=1S/C20H20FN3O4/c21-15-7-5-14(6-8-15)20(28)24-11-9-13(10-12-24)18(26)22-23-19(27)16-3-1-2-4-17(16)25/h1-8,13,25H,9-12H2,(H,22,26)(H,23,27). The summed E-state index contributed by atoms with van der Waals surface area (Å²) in [5.41, 5.74) is 5.11. The van der Waals surface area contributed by atoms with Crippen LogP contribution in [0.25, 0.3) is 0 Å². The Kier molecular flexibility index (Phi) is 5.88. The minimum absolute atomic E-state index is 0.0579. The molecule has 0 spiro atoms. The summed E-state index contributed by atoms with van der Waals surface area (Å²) in [7, 11) is 0. The van der Waals surface area contributed by atoms with Crippen molar-refractivity contribution in [2.24, 2.45) is 5.92 Å². The molecule has 8 heteroatoms. The molecule has 0 saturated carbocycles. The van der Waals surface area contributed by atoms with Gasteiger partial charge in [-0.1, -0.05) is 12.1 Å². The lowest BCUT2D eigenvalue weighted by Crippen LogP contribution is -2.48. The molecule has 3 rings (SSSR count). The topological polar surface area (TPSA) is 98.7 Å². The molecule has 146 valence electrons. The van der Waals surface area contributed by atoms with E-state index in [1.54, 1.807) is 17.0 Å². The summed E-state index contributed by atoms with van der Waals surface area (Å²) in [6, 6.07) is 11.4. The minimum Gasteiger partial charge on any atom is -0.507 e. The van der Waals surface area contributed by atoms with Gasteiger partial charge in [0.2, 0.25) is 5.91 Å². The Labute approximate surface area is 161 Å². The van der Waals surface area contributed by atoms with Gasteiger partial charge in [-0.2, -0.15) is 0 Å². The maximum absolute atomic E-state index is 13.0. The molecule has 2 aromatic carbocycles. The summed E-state index contributed by atoms with van der Waals surface area (Å²) < 4.78 is 13.0. The SMILES string of the molecule is O=C(NNC(=O)C1CCN(C(=O)c2ccc(F)cc2)CC1)c1ccccc1O. The molecule has 1 aliphatic heterocycles. The Bertz CT molecular complexity index is 877. The van der Waals surface area contributed by atoms with Crippen LogP contribution in [0.4, 0.5) is 4.39 Å². The van der Waals surface area contributed by atoms with Crippen LogP contribution in [0.15, 0.2) is 48.5 Å². The molecule has 3 amide bonds. The summed E-state index contributed by atoms with van der Waals surface area (Å²) in [4.78, 5) is 38.3. The van der Waals surface area contributed by atoms with E-state index in [2.05, 4.69) is 10.9 Å². The Balaban J connectivity index is 1.48. The van der Waals surface area contributed by atoms with Gasteiger partial charge in [-0.3, -0.25) is 25.2 Å². The highest BCUT2D eigenvalue weighted by molar-refractivity contribution is 5.98. The molecule has 1 aliphatic rings. The molecular formula is C20H20FN3O4. The van der Waals surface area contributed by atoms with E-state index < -0.39 is 11.7 Å². The first-order valence-corrected chi connectivity index (χ1v) is 8.88. The van der Waals surface area contributed by atoms with Gasteiger partial charge in [0.25, 0.3) is 11.8 Å². The molecule has 2 aromatic rings. The number of nitrogens with zero attached hydrogens (tertiary/aromatic N) is 1. The second-order valence-corrected chi connectivity index (χ2v) is 6.53. The summed E-state index contributed by atoms with van der Waals surface area (Å²) in [5.74, 6) is -2.10. The van der Waals surface area contributed by atoms with Gasteiger partial charge < -0.3 is 10.0 Å². The molecule has 1 fully saturated rings. The van der Waals surface area contributed by atoms with Gasteiger partial charge in [-0.05, 0) is 49.2 Å². The van der Waals surface area contributed by atoms with Crippen LogP contribution in [0.3, 0.4) is 0 Å². The Morgan fingerprint density at radius 3 is 2.25 bits per heavy atom. The van der Waals surface area contributed by atoms with E-state index in [1.165, 1.54) is 36.4 Å². The van der Waals surface area contributed by atoms with Crippen LogP contribution in [0.2, 0.25) is 0 Å². The van der Waals surface area contributed by atoms with Crippen molar-refractivity contribution in [2.75, 3.05) is 13.1 Å². The monoisotopic (exact) mass is 385 g/mol. The molecule has 1 heterocycles. The number of phenols is 1. The van der Waals surface area contributed by atoms with E-state index in [9.17, 15) is 23.9 Å². The number of hydrogen-bond acceptors (Lipinski definition) is 4. The molecule has 28 heavy (non-hydrogen) atoms. The van der Waals surface area contributed by atoms with Crippen LogP contribution >= 0.6 is 0 Å². The van der Waals surface area contributed by atoms with Crippen molar-refractivity contribution in [3.63, 3.8) is 0 Å². The third-order valence-electron chi connectivity index (χ3n) is 4.69. The number of hydrazine groups is 1. The molecule has 0 bridgehead atoms. The number of carbonyl (C=O) groups excluding carboxylic acids is 3. The minimum atomic E-state index is -0.615. The van der Waals surface area contributed by atoms with Crippen molar-refractivity contribution in [3.05, 3.63) is 65.5 Å². The maximum Gasteiger partial charge on any atom is 0.273 e. The largest absolute Gasteiger partial charge is 0.507 e. The van der Waals surface area contributed by atoms with Crippen molar-refractivity contribution in [1.82, 2.24) is 15.8 Å². The number of carbonyl (C=O) groups is 3. The molecule has 0 aromatic heterocycles. The van der Waals surface area contributed by atoms with Crippen LogP contribution in [0, 0.1) is 11.7 Å². The number of halogens is 1. The maximum atomic E-state index is 13.0. The number of piperidine rings is 1. The summed E-state index contributed by atoms with van der Waals surface area (Å²) in [5, 5.41) is 9.65. The van der Waals surface area contributed by atoms with Crippen LogP contribution in [-0.2, 0) is 4.79 Å². The fraction of sp³-hybridized carbons (Fsp3) is 0.250. The number of phenolic OH excluding ortho intramolecular Hbond substituents is 1. The fourth-order valence-electron chi connectivity index (χ4n) is 3.07. The number of aromatic hydroxyl groups is 1. The number of amides is 3. The van der Waals surface area contributed by atoms with Gasteiger partial charge >= 0.3 is 0 Å². The van der Waals surface area contributed by atoms with E-state index in [-0.39, 0.29) is 29.0 Å². The molecule has 0 unspecified atom stereocenters. The van der Waals surface area contributed by atoms with Crippen LogP contribution in [0.5, 0.6) is 5.75 Å². The molecule has 3 N–H and O–H groups in total. The molecule has 1 saturated heterocycles. The van der Waals surface area contributed by atoms with Crippen molar-refractivity contribution in [3.8, 4) is 5.75 Å². The number of benzene rings is 2. The predicted octanol–water partition coefficient (Wildman–Crippen LogP) is 1.84. The first-order valence-electron chi connectivity index (χ1n) is 8.88. The smallest absolute Gasteiger partial charge is 0.273 e. The lowest BCUT2D eigenvalue weighted by molar-refractivity contribution is -0.127. The van der Waals surface area contributed by atoms with Crippen LogP contribution in [-0.4, -0.2) is 40.8 Å². The van der Waals surface area contributed by atoms with Gasteiger partial charge in [0.1, 0.15) is 11.6 Å². The Hall–Kier alpha value is -3.42. The number of nitrogens with one attached hydrogen (secondary N) is 2. The predicted molar refractivity (Wildman–Crippen MR) is 98.7 cm³/mol. The second-order valence-electron chi connectivity index (χ2n) is 6.53. The van der Waals surface area contributed by atoms with Crippen molar-refractivity contribution in [1.29, 1.82) is 0 Å². The lowest BCUT2D eigenvalue weighted by atomic mass is 9.95. The lowest BCUT2D eigenvalue weighted by Gasteiger charge is -2.31. The van der Waals surface area contributed by atoms with E-state index in [4.69, 9.17) is 0 Å². The zero-order valence-corrected chi connectivity index (χ0v) is 15.0. The quantitative estimate of drug-likeness (QED) is 0.702. The van der Waals surface area contributed by atoms with Crippen LogP contribution < -0.4 is 10.9 Å². The Morgan fingerprint density at radius 2 is 1.61 bits per heavy atom. The Morgan fingerprint density at radius 1 is 0.964 bits per heavy atom. The average Bonchev–Trinajstić information content (AvgIpc) is 2.72. The normalized spacial score (nSPS) is 14.4. The third-order valence-corrected chi connectivity index (χ3v) is 4.69. The summed E-state index contributed by atoms with van der Waals surface area (Å²) >= 11 is 0.